The lowest BCUT2D eigenvalue weighted by molar-refractivity contribution is 0.370. The van der Waals surface area contributed by atoms with E-state index in [1.807, 2.05) is 25.1 Å². The molecule has 1 saturated carbocycles. The first-order valence-electron chi connectivity index (χ1n) is 7.19. The lowest BCUT2D eigenvalue weighted by atomic mass is 9.75. The molecule has 1 aliphatic rings. The zero-order valence-electron chi connectivity index (χ0n) is 12.3. The minimum atomic E-state index is 0.503. The van der Waals surface area contributed by atoms with Crippen molar-refractivity contribution >= 4 is 17.3 Å². The Balaban J connectivity index is 1.60. The van der Waals surface area contributed by atoms with Crippen LogP contribution >= 0.6 is 11.6 Å². The minimum absolute atomic E-state index is 0.503. The summed E-state index contributed by atoms with van der Waals surface area (Å²) in [5.41, 5.74) is 3.39. The highest BCUT2D eigenvalue weighted by Gasteiger charge is 2.30. The Morgan fingerprint density at radius 1 is 1.24 bits per heavy atom. The fourth-order valence-corrected chi connectivity index (χ4v) is 3.00. The van der Waals surface area contributed by atoms with Gasteiger partial charge in [-0.3, -0.25) is 0 Å². The van der Waals surface area contributed by atoms with E-state index in [-0.39, 0.29) is 0 Å². The van der Waals surface area contributed by atoms with Crippen LogP contribution in [0, 0.1) is 6.92 Å². The van der Waals surface area contributed by atoms with Crippen LogP contribution in [0.4, 0.5) is 5.69 Å². The van der Waals surface area contributed by atoms with Gasteiger partial charge in [0, 0.05) is 6.04 Å². The van der Waals surface area contributed by atoms with Gasteiger partial charge in [-0.05, 0) is 55.5 Å². The Hall–Kier alpha value is -1.74. The number of halogens is 1. The van der Waals surface area contributed by atoms with Crippen LogP contribution in [0.2, 0.25) is 5.15 Å². The van der Waals surface area contributed by atoms with Crippen LogP contribution in [0.15, 0.2) is 36.4 Å². The van der Waals surface area contributed by atoms with E-state index < -0.39 is 0 Å². The van der Waals surface area contributed by atoms with Crippen LogP contribution in [-0.4, -0.2) is 18.1 Å². The number of ether oxygens (including phenoxy) is 1. The molecule has 1 fully saturated rings. The van der Waals surface area contributed by atoms with E-state index in [1.54, 1.807) is 7.11 Å². The van der Waals surface area contributed by atoms with Gasteiger partial charge in [0.15, 0.2) is 0 Å². The zero-order valence-corrected chi connectivity index (χ0v) is 13.0. The van der Waals surface area contributed by atoms with Crippen molar-refractivity contribution in [3.05, 3.63) is 52.8 Å². The van der Waals surface area contributed by atoms with Crippen LogP contribution in [0.1, 0.15) is 30.0 Å². The summed E-state index contributed by atoms with van der Waals surface area (Å²) in [6, 6.07) is 12.7. The number of benzene rings is 1. The Kier molecular flexibility index (Phi) is 4.02. The summed E-state index contributed by atoms with van der Waals surface area (Å²) in [4.78, 5) is 4.27. The van der Waals surface area contributed by atoms with E-state index in [4.69, 9.17) is 16.3 Å². The van der Waals surface area contributed by atoms with Crippen molar-refractivity contribution in [1.29, 1.82) is 0 Å². The molecular weight excluding hydrogens is 284 g/mol. The van der Waals surface area contributed by atoms with E-state index in [0.717, 1.165) is 30.0 Å². The van der Waals surface area contributed by atoms with E-state index in [0.29, 0.717) is 17.1 Å². The standard InChI is InChI=1S/C17H19ClN2O/c1-11-16(6-7-17(18)19-11)20-14-8-13(9-14)12-4-3-5-15(10-12)21-2/h3-7,10,13-14,20H,8-9H2,1-2H3. The van der Waals surface area contributed by atoms with E-state index in [9.17, 15) is 0 Å². The van der Waals surface area contributed by atoms with Gasteiger partial charge in [-0.1, -0.05) is 23.7 Å². The van der Waals surface area contributed by atoms with Gasteiger partial charge in [0.1, 0.15) is 10.9 Å². The van der Waals surface area contributed by atoms with Crippen molar-refractivity contribution in [1.82, 2.24) is 4.98 Å². The molecule has 0 atom stereocenters. The first kappa shape index (κ1) is 14.2. The number of methoxy groups -OCH3 is 1. The molecule has 4 heteroatoms. The molecule has 3 nitrogen and oxygen atoms in total. The van der Waals surface area contributed by atoms with Crippen LogP contribution in [0.25, 0.3) is 0 Å². The van der Waals surface area contributed by atoms with E-state index in [1.165, 1.54) is 5.56 Å². The SMILES string of the molecule is COc1cccc(C2CC(Nc3ccc(Cl)nc3C)C2)c1. The number of anilines is 1. The Morgan fingerprint density at radius 2 is 2.05 bits per heavy atom. The second-order valence-electron chi connectivity index (χ2n) is 5.55. The van der Waals surface area contributed by atoms with Crippen molar-refractivity contribution in [2.75, 3.05) is 12.4 Å². The molecule has 0 radical (unpaired) electrons. The summed E-state index contributed by atoms with van der Waals surface area (Å²) in [6.45, 7) is 1.98. The highest BCUT2D eigenvalue weighted by molar-refractivity contribution is 6.29. The molecule has 1 heterocycles. The highest BCUT2D eigenvalue weighted by Crippen LogP contribution is 2.39. The number of aryl methyl sites for hydroxylation is 1. The quantitative estimate of drug-likeness (QED) is 0.849. The van der Waals surface area contributed by atoms with Gasteiger partial charge in [-0.2, -0.15) is 0 Å². The Labute approximate surface area is 130 Å². The molecule has 0 bridgehead atoms. The number of nitrogens with one attached hydrogen (secondary N) is 1. The summed E-state index contributed by atoms with van der Waals surface area (Å²) in [5, 5.41) is 4.09. The van der Waals surface area contributed by atoms with Gasteiger partial charge < -0.3 is 10.1 Å². The number of pyridine rings is 1. The minimum Gasteiger partial charge on any atom is -0.497 e. The smallest absolute Gasteiger partial charge is 0.129 e. The molecule has 1 aliphatic carbocycles. The van der Waals surface area contributed by atoms with Crippen molar-refractivity contribution in [2.45, 2.75) is 31.7 Å². The first-order valence-corrected chi connectivity index (χ1v) is 7.57. The summed E-state index contributed by atoms with van der Waals surface area (Å²) in [7, 11) is 1.71. The van der Waals surface area contributed by atoms with Gasteiger partial charge in [0.25, 0.3) is 0 Å². The molecule has 1 N–H and O–H groups in total. The van der Waals surface area contributed by atoms with Crippen molar-refractivity contribution < 1.29 is 4.74 Å². The maximum Gasteiger partial charge on any atom is 0.129 e. The predicted molar refractivity (Wildman–Crippen MR) is 86.4 cm³/mol. The summed E-state index contributed by atoms with van der Waals surface area (Å²) >= 11 is 5.88. The predicted octanol–water partition coefficient (Wildman–Crippen LogP) is 4.41. The summed E-state index contributed by atoms with van der Waals surface area (Å²) < 4.78 is 5.29. The van der Waals surface area contributed by atoms with Gasteiger partial charge in [0.2, 0.25) is 0 Å². The van der Waals surface area contributed by atoms with Crippen LogP contribution in [-0.2, 0) is 0 Å². The van der Waals surface area contributed by atoms with Gasteiger partial charge in [-0.15, -0.1) is 0 Å². The number of hydrogen-bond acceptors (Lipinski definition) is 3. The van der Waals surface area contributed by atoms with E-state index >= 15 is 0 Å². The molecular formula is C17H19ClN2O. The molecule has 21 heavy (non-hydrogen) atoms. The van der Waals surface area contributed by atoms with Crippen molar-refractivity contribution in [2.24, 2.45) is 0 Å². The average Bonchev–Trinajstić information content (AvgIpc) is 2.44. The molecule has 0 spiro atoms. The van der Waals surface area contributed by atoms with Gasteiger partial charge in [0.05, 0.1) is 18.5 Å². The molecule has 0 saturated heterocycles. The van der Waals surface area contributed by atoms with Gasteiger partial charge in [-0.25, -0.2) is 4.98 Å². The third-order valence-electron chi connectivity index (χ3n) is 4.11. The van der Waals surface area contributed by atoms with E-state index in [2.05, 4.69) is 28.5 Å². The van der Waals surface area contributed by atoms with Crippen LogP contribution in [0.5, 0.6) is 5.75 Å². The highest BCUT2D eigenvalue weighted by atomic mass is 35.5. The average molecular weight is 303 g/mol. The molecule has 0 unspecified atom stereocenters. The zero-order chi connectivity index (χ0) is 14.8. The molecule has 3 rings (SSSR count). The molecule has 0 amide bonds. The monoisotopic (exact) mass is 302 g/mol. The number of hydrogen-bond donors (Lipinski definition) is 1. The Morgan fingerprint density at radius 3 is 2.76 bits per heavy atom. The number of nitrogens with zero attached hydrogens (tertiary/aromatic N) is 1. The third-order valence-corrected chi connectivity index (χ3v) is 4.33. The molecule has 0 aliphatic heterocycles. The molecule has 1 aromatic heterocycles. The largest absolute Gasteiger partial charge is 0.497 e. The molecule has 2 aromatic rings. The van der Waals surface area contributed by atoms with Gasteiger partial charge >= 0.3 is 0 Å². The summed E-state index contributed by atoms with van der Waals surface area (Å²) in [5.74, 6) is 1.54. The normalized spacial score (nSPS) is 20.7. The second-order valence-corrected chi connectivity index (χ2v) is 5.94. The van der Waals surface area contributed by atoms with Crippen molar-refractivity contribution in [3.63, 3.8) is 0 Å². The lowest BCUT2D eigenvalue weighted by Gasteiger charge is -2.37. The van der Waals surface area contributed by atoms with Crippen LogP contribution in [0.3, 0.4) is 0 Å². The third kappa shape index (κ3) is 3.13. The number of rotatable bonds is 4. The fraction of sp³-hybridized carbons (Fsp3) is 0.353. The maximum atomic E-state index is 5.88. The first-order chi connectivity index (χ1) is 10.2. The van der Waals surface area contributed by atoms with Crippen molar-refractivity contribution in [3.8, 4) is 5.75 Å². The fourth-order valence-electron chi connectivity index (χ4n) is 2.81. The molecule has 110 valence electrons. The second kappa shape index (κ2) is 5.94. The molecule has 1 aromatic carbocycles. The summed E-state index contributed by atoms with van der Waals surface area (Å²) in [6.07, 6.45) is 2.27. The lowest BCUT2D eigenvalue weighted by Crippen LogP contribution is -2.34. The maximum absolute atomic E-state index is 5.88. The topological polar surface area (TPSA) is 34.1 Å². The van der Waals surface area contributed by atoms with Crippen LogP contribution < -0.4 is 10.1 Å². The number of aromatic nitrogens is 1. The Bertz CT molecular complexity index is 638.